The van der Waals surface area contributed by atoms with E-state index in [1.54, 1.807) is 17.0 Å². The molecule has 2 aromatic heterocycles. The van der Waals surface area contributed by atoms with Gasteiger partial charge in [-0.3, -0.25) is 10.1 Å². The van der Waals surface area contributed by atoms with Crippen molar-refractivity contribution in [3.05, 3.63) is 40.9 Å². The summed E-state index contributed by atoms with van der Waals surface area (Å²) in [5.41, 5.74) is 6.36. The number of hydrogen-bond donors (Lipinski definition) is 3. The number of nitrogen functional groups attached to an aromatic ring is 1. The lowest BCUT2D eigenvalue weighted by Crippen LogP contribution is -2.14. The summed E-state index contributed by atoms with van der Waals surface area (Å²) in [6, 6.07) is 2.45. The third-order valence-corrected chi connectivity index (χ3v) is 5.05. The molecule has 11 heteroatoms. The number of thiazole rings is 1. The van der Waals surface area contributed by atoms with Crippen molar-refractivity contribution in [2.45, 2.75) is 16.7 Å². The molecule has 0 spiro atoms. The number of nitrogens with one attached hydrogen (secondary N) is 1. The lowest BCUT2D eigenvalue weighted by molar-refractivity contribution is 0.102. The summed E-state index contributed by atoms with van der Waals surface area (Å²) in [6.45, 7) is -0.219. The van der Waals surface area contributed by atoms with Gasteiger partial charge in [-0.25, -0.2) is 9.37 Å². The predicted octanol–water partition coefficient (Wildman–Crippen LogP) is 1.89. The van der Waals surface area contributed by atoms with Gasteiger partial charge < -0.3 is 15.4 Å². The zero-order valence-corrected chi connectivity index (χ0v) is 14.6. The molecule has 0 aliphatic carbocycles. The maximum Gasteiger partial charge on any atom is 0.259 e. The van der Waals surface area contributed by atoms with Gasteiger partial charge in [0.25, 0.3) is 5.91 Å². The van der Waals surface area contributed by atoms with Crippen LogP contribution in [0.3, 0.4) is 0 Å². The molecule has 1 aromatic carbocycles. The van der Waals surface area contributed by atoms with E-state index in [0.717, 1.165) is 17.8 Å². The highest BCUT2D eigenvalue weighted by Gasteiger charge is 2.17. The van der Waals surface area contributed by atoms with Crippen molar-refractivity contribution in [1.82, 2.24) is 19.7 Å². The van der Waals surface area contributed by atoms with Crippen LogP contribution in [0.5, 0.6) is 0 Å². The average Bonchev–Trinajstić information content (AvgIpc) is 3.19. The van der Waals surface area contributed by atoms with E-state index in [1.165, 1.54) is 23.7 Å². The summed E-state index contributed by atoms with van der Waals surface area (Å²) in [6.07, 6.45) is 1.49. The Bertz CT molecular complexity index is 926. The Morgan fingerprint density at radius 3 is 2.96 bits per heavy atom. The van der Waals surface area contributed by atoms with Gasteiger partial charge in [0.05, 0.1) is 22.8 Å². The number of aliphatic hydroxyl groups is 1. The number of nitrogens with two attached hydrogens (primary N) is 1. The number of carbonyl (C=O) groups is 1. The molecule has 0 radical (unpaired) electrons. The van der Waals surface area contributed by atoms with E-state index in [0.29, 0.717) is 16.0 Å². The summed E-state index contributed by atoms with van der Waals surface area (Å²) in [5.74, 6) is -1.07. The number of aliphatic hydroxyl groups excluding tert-OH is 1. The second kappa shape index (κ2) is 7.17. The molecular formula is C14H13FN6O2S2. The summed E-state index contributed by atoms with van der Waals surface area (Å²) in [7, 11) is 1.73. The van der Waals surface area contributed by atoms with E-state index in [-0.39, 0.29) is 22.8 Å². The van der Waals surface area contributed by atoms with Crippen molar-refractivity contribution in [2.24, 2.45) is 7.05 Å². The molecule has 0 saturated carbocycles. The fourth-order valence-electron chi connectivity index (χ4n) is 1.91. The third kappa shape index (κ3) is 3.78. The number of carbonyl (C=O) groups excluding carboxylic acids is 1. The molecule has 130 valence electrons. The Morgan fingerprint density at radius 2 is 2.32 bits per heavy atom. The number of anilines is 2. The standard InChI is InChI=1S/C14H13FN6O2S2/c1-21-6-17-20-14(21)25-11-2-8(10(16)3-9(11)15)12(23)19-13-18-7(4-22)5-24-13/h2-3,5-6,22H,4,16H2,1H3,(H,18,19,23). The molecule has 25 heavy (non-hydrogen) atoms. The third-order valence-electron chi connectivity index (χ3n) is 3.15. The lowest BCUT2D eigenvalue weighted by Gasteiger charge is -2.09. The van der Waals surface area contributed by atoms with Crippen molar-refractivity contribution in [2.75, 3.05) is 11.1 Å². The molecule has 3 aromatic rings. The Morgan fingerprint density at radius 1 is 1.52 bits per heavy atom. The number of aryl methyl sites for hydroxylation is 1. The van der Waals surface area contributed by atoms with Crippen LogP contribution in [0.25, 0.3) is 0 Å². The molecule has 4 N–H and O–H groups in total. The van der Waals surface area contributed by atoms with Crippen molar-refractivity contribution in [3.63, 3.8) is 0 Å². The highest BCUT2D eigenvalue weighted by atomic mass is 32.2. The minimum Gasteiger partial charge on any atom is -0.398 e. The first-order valence-corrected chi connectivity index (χ1v) is 8.65. The van der Waals surface area contributed by atoms with Crippen LogP contribution in [0.2, 0.25) is 0 Å². The number of nitrogens with zero attached hydrogens (tertiary/aromatic N) is 4. The van der Waals surface area contributed by atoms with E-state index < -0.39 is 11.7 Å². The molecule has 2 heterocycles. The van der Waals surface area contributed by atoms with E-state index in [2.05, 4.69) is 20.5 Å². The van der Waals surface area contributed by atoms with Crippen molar-refractivity contribution >= 4 is 39.8 Å². The predicted molar refractivity (Wildman–Crippen MR) is 91.9 cm³/mol. The molecule has 0 atom stereocenters. The number of aromatic nitrogens is 4. The maximum absolute atomic E-state index is 14.2. The minimum absolute atomic E-state index is 0.0104. The summed E-state index contributed by atoms with van der Waals surface area (Å²) >= 11 is 2.21. The molecule has 8 nitrogen and oxygen atoms in total. The molecule has 0 bridgehead atoms. The number of hydrogen-bond acceptors (Lipinski definition) is 8. The quantitative estimate of drug-likeness (QED) is 0.578. The van der Waals surface area contributed by atoms with Gasteiger partial charge in [-0.05, 0) is 23.9 Å². The second-order valence-electron chi connectivity index (χ2n) is 4.95. The Hall–Kier alpha value is -2.50. The SMILES string of the molecule is Cn1cnnc1Sc1cc(C(=O)Nc2nc(CO)cs2)c(N)cc1F. The molecule has 0 unspecified atom stereocenters. The average molecular weight is 380 g/mol. The first-order valence-electron chi connectivity index (χ1n) is 6.95. The zero-order valence-electron chi connectivity index (χ0n) is 12.9. The van der Waals surface area contributed by atoms with Crippen LogP contribution in [0.1, 0.15) is 16.1 Å². The Kier molecular flexibility index (Phi) is 4.97. The number of rotatable bonds is 5. The normalized spacial score (nSPS) is 10.8. The number of benzene rings is 1. The van der Waals surface area contributed by atoms with Gasteiger partial charge in [0.15, 0.2) is 10.3 Å². The highest BCUT2D eigenvalue weighted by molar-refractivity contribution is 7.99. The molecular weight excluding hydrogens is 367 g/mol. The van der Waals surface area contributed by atoms with E-state index in [4.69, 9.17) is 10.8 Å². The van der Waals surface area contributed by atoms with Gasteiger partial charge in [0.1, 0.15) is 12.1 Å². The van der Waals surface area contributed by atoms with Crippen LogP contribution in [0.15, 0.2) is 33.9 Å². The summed E-state index contributed by atoms with van der Waals surface area (Å²) in [4.78, 5) is 16.6. The molecule has 0 aliphatic heterocycles. The molecule has 1 amide bonds. The number of halogens is 1. The second-order valence-corrected chi connectivity index (χ2v) is 6.82. The van der Waals surface area contributed by atoms with Crippen molar-refractivity contribution in [1.29, 1.82) is 0 Å². The van der Waals surface area contributed by atoms with E-state index >= 15 is 0 Å². The van der Waals surface area contributed by atoms with Gasteiger partial charge in [0, 0.05) is 18.1 Å². The highest BCUT2D eigenvalue weighted by Crippen LogP contribution is 2.31. The number of amides is 1. The minimum atomic E-state index is -0.557. The Labute approximate surface area is 149 Å². The fraction of sp³-hybridized carbons (Fsp3) is 0.143. The van der Waals surface area contributed by atoms with Crippen LogP contribution in [-0.4, -0.2) is 30.8 Å². The van der Waals surface area contributed by atoms with Gasteiger partial charge >= 0.3 is 0 Å². The Balaban J connectivity index is 1.86. The van der Waals surface area contributed by atoms with Crippen molar-refractivity contribution < 1.29 is 14.3 Å². The van der Waals surface area contributed by atoms with Crippen LogP contribution < -0.4 is 11.1 Å². The van der Waals surface area contributed by atoms with Gasteiger partial charge in [0.2, 0.25) is 0 Å². The smallest absolute Gasteiger partial charge is 0.259 e. The van der Waals surface area contributed by atoms with Crippen LogP contribution >= 0.6 is 23.1 Å². The largest absolute Gasteiger partial charge is 0.398 e. The van der Waals surface area contributed by atoms with Gasteiger partial charge in [-0.2, -0.15) is 0 Å². The molecule has 0 aliphatic rings. The van der Waals surface area contributed by atoms with Crippen LogP contribution in [-0.2, 0) is 13.7 Å². The monoisotopic (exact) mass is 380 g/mol. The topological polar surface area (TPSA) is 119 Å². The lowest BCUT2D eigenvalue weighted by atomic mass is 10.1. The molecule has 0 saturated heterocycles. The molecule has 0 fully saturated rings. The van der Waals surface area contributed by atoms with Gasteiger partial charge in [-0.15, -0.1) is 21.5 Å². The summed E-state index contributed by atoms with van der Waals surface area (Å²) < 4.78 is 15.8. The molecule has 3 rings (SSSR count). The van der Waals surface area contributed by atoms with Gasteiger partial charge in [-0.1, -0.05) is 0 Å². The van der Waals surface area contributed by atoms with Crippen molar-refractivity contribution in [3.8, 4) is 0 Å². The zero-order chi connectivity index (χ0) is 18.0. The van der Waals surface area contributed by atoms with E-state index in [9.17, 15) is 9.18 Å². The first kappa shape index (κ1) is 17.3. The van der Waals surface area contributed by atoms with E-state index in [1.807, 2.05) is 0 Å². The summed E-state index contributed by atoms with van der Waals surface area (Å²) in [5, 5.41) is 21.6. The maximum atomic E-state index is 14.2. The fourth-order valence-corrected chi connectivity index (χ4v) is 3.41. The van der Waals surface area contributed by atoms with Crippen LogP contribution in [0.4, 0.5) is 15.2 Å². The first-order chi connectivity index (χ1) is 12.0. The van der Waals surface area contributed by atoms with Crippen LogP contribution in [0, 0.1) is 5.82 Å².